The summed E-state index contributed by atoms with van der Waals surface area (Å²) in [6.45, 7) is 3.61. The van der Waals surface area contributed by atoms with Crippen molar-refractivity contribution < 1.29 is 4.74 Å². The largest absolute Gasteiger partial charge is 0.373 e. The molecule has 2 aliphatic heterocycles. The molecule has 0 radical (unpaired) electrons. The molecule has 3 atom stereocenters. The molecule has 0 spiro atoms. The normalized spacial score (nSPS) is 25.6. The number of benzene rings is 1. The Balaban J connectivity index is 1.72. The summed E-state index contributed by atoms with van der Waals surface area (Å²) >= 11 is 10.1. The number of aromatic nitrogens is 1. The minimum absolute atomic E-state index is 0.224. The van der Waals surface area contributed by atoms with E-state index in [1.54, 1.807) is 6.20 Å². The van der Waals surface area contributed by atoms with Crippen LogP contribution >= 0.6 is 36.9 Å². The SMILES string of the molecule is PN1CCO[C@H]2CN(c3c(Cl)cnc4ccc(Br)cc34)CCC21. The van der Waals surface area contributed by atoms with Gasteiger partial charge in [0, 0.05) is 41.7 Å². The van der Waals surface area contributed by atoms with Gasteiger partial charge in [0.25, 0.3) is 0 Å². The lowest BCUT2D eigenvalue weighted by molar-refractivity contribution is -0.0423. The van der Waals surface area contributed by atoms with Gasteiger partial charge < -0.3 is 9.64 Å². The Kier molecular flexibility index (Phi) is 4.50. The number of fused-ring (bicyclic) bond motifs is 2. The number of anilines is 1. The van der Waals surface area contributed by atoms with Crippen LogP contribution in [0.1, 0.15) is 6.42 Å². The second kappa shape index (κ2) is 6.45. The molecule has 1 aromatic carbocycles. The maximum absolute atomic E-state index is 6.52. The second-order valence-electron chi connectivity index (χ2n) is 6.07. The Labute approximate surface area is 151 Å². The summed E-state index contributed by atoms with van der Waals surface area (Å²) < 4.78 is 9.39. The van der Waals surface area contributed by atoms with Gasteiger partial charge in [-0.15, -0.1) is 0 Å². The van der Waals surface area contributed by atoms with E-state index < -0.39 is 0 Å². The molecular formula is C16H18BrClN3OP. The van der Waals surface area contributed by atoms with Gasteiger partial charge in [0.1, 0.15) is 0 Å². The summed E-state index contributed by atoms with van der Waals surface area (Å²) in [4.78, 5) is 6.80. The zero-order valence-electron chi connectivity index (χ0n) is 12.6. The molecule has 0 aliphatic carbocycles. The molecule has 3 heterocycles. The highest BCUT2D eigenvalue weighted by atomic mass is 79.9. The summed E-state index contributed by atoms with van der Waals surface area (Å²) in [5.41, 5.74) is 2.04. The fourth-order valence-electron chi connectivity index (χ4n) is 3.57. The van der Waals surface area contributed by atoms with Gasteiger partial charge in [0.2, 0.25) is 0 Å². The highest BCUT2D eigenvalue weighted by molar-refractivity contribution is 9.10. The van der Waals surface area contributed by atoms with Crippen LogP contribution < -0.4 is 4.90 Å². The molecule has 2 aliphatic rings. The Morgan fingerprint density at radius 2 is 2.22 bits per heavy atom. The summed E-state index contributed by atoms with van der Waals surface area (Å²) in [7, 11) is 2.85. The molecule has 2 fully saturated rings. The van der Waals surface area contributed by atoms with Crippen LogP contribution in [-0.4, -0.2) is 48.0 Å². The van der Waals surface area contributed by atoms with Crippen LogP contribution in [0.15, 0.2) is 28.9 Å². The van der Waals surface area contributed by atoms with Gasteiger partial charge in [-0.2, -0.15) is 0 Å². The van der Waals surface area contributed by atoms with Crippen LogP contribution in [0.5, 0.6) is 0 Å². The highest BCUT2D eigenvalue weighted by Gasteiger charge is 2.36. The lowest BCUT2D eigenvalue weighted by atomic mass is 9.99. The molecule has 0 saturated carbocycles. The van der Waals surface area contributed by atoms with Crippen molar-refractivity contribution in [2.75, 3.05) is 31.1 Å². The first-order chi connectivity index (χ1) is 11.1. The van der Waals surface area contributed by atoms with E-state index in [0.717, 1.165) is 53.7 Å². The molecule has 122 valence electrons. The number of halogens is 2. The summed E-state index contributed by atoms with van der Waals surface area (Å²) in [6, 6.07) is 6.60. The molecule has 0 bridgehead atoms. The molecule has 0 amide bonds. The number of ether oxygens (including phenoxy) is 1. The van der Waals surface area contributed by atoms with E-state index in [1.165, 1.54) is 0 Å². The summed E-state index contributed by atoms with van der Waals surface area (Å²) in [6.07, 6.45) is 3.05. The maximum Gasteiger partial charge on any atom is 0.0909 e. The van der Waals surface area contributed by atoms with Gasteiger partial charge in [0.05, 0.1) is 28.9 Å². The first-order valence-corrected chi connectivity index (χ1v) is 9.44. The lowest BCUT2D eigenvalue weighted by Gasteiger charge is -2.46. The summed E-state index contributed by atoms with van der Waals surface area (Å²) in [5, 5.41) is 1.79. The van der Waals surface area contributed by atoms with E-state index in [1.807, 2.05) is 12.1 Å². The van der Waals surface area contributed by atoms with E-state index in [9.17, 15) is 0 Å². The first kappa shape index (κ1) is 16.0. The van der Waals surface area contributed by atoms with Crippen LogP contribution in [0, 0.1) is 0 Å². The Morgan fingerprint density at radius 3 is 3.09 bits per heavy atom. The molecule has 2 saturated heterocycles. The number of hydrogen-bond acceptors (Lipinski definition) is 4. The quantitative estimate of drug-likeness (QED) is 0.665. The predicted molar refractivity (Wildman–Crippen MR) is 101 cm³/mol. The van der Waals surface area contributed by atoms with E-state index >= 15 is 0 Å². The monoisotopic (exact) mass is 413 g/mol. The van der Waals surface area contributed by atoms with Crippen molar-refractivity contribution >= 4 is 53.5 Å². The second-order valence-corrected chi connectivity index (χ2v) is 8.05. The van der Waals surface area contributed by atoms with Crippen molar-refractivity contribution in [3.63, 3.8) is 0 Å². The van der Waals surface area contributed by atoms with Gasteiger partial charge in [0.15, 0.2) is 0 Å². The molecule has 2 unspecified atom stereocenters. The third-order valence-corrected chi connectivity index (χ3v) is 6.12. The topological polar surface area (TPSA) is 28.6 Å². The van der Waals surface area contributed by atoms with Gasteiger partial charge in [-0.3, -0.25) is 9.65 Å². The molecule has 23 heavy (non-hydrogen) atoms. The fourth-order valence-corrected chi connectivity index (χ4v) is 4.65. The van der Waals surface area contributed by atoms with Crippen LogP contribution in [0.4, 0.5) is 5.69 Å². The predicted octanol–water partition coefficient (Wildman–Crippen LogP) is 3.72. The zero-order valence-corrected chi connectivity index (χ0v) is 16.1. The number of nitrogens with zero attached hydrogens (tertiary/aromatic N) is 3. The third-order valence-electron chi connectivity index (χ3n) is 4.70. The Bertz CT molecular complexity index is 741. The minimum Gasteiger partial charge on any atom is -0.373 e. The van der Waals surface area contributed by atoms with Crippen molar-refractivity contribution in [1.29, 1.82) is 0 Å². The smallest absolute Gasteiger partial charge is 0.0909 e. The Morgan fingerprint density at radius 1 is 1.35 bits per heavy atom. The number of rotatable bonds is 1. The van der Waals surface area contributed by atoms with Crippen LogP contribution in [0.2, 0.25) is 5.02 Å². The van der Waals surface area contributed by atoms with Gasteiger partial charge in [-0.05, 0) is 24.6 Å². The standard InChI is InChI=1S/C16H18BrClN3OP/c17-10-1-2-13-11(7-10)16(12(18)8-19-13)20-4-3-14-15(9-20)22-6-5-21(14)23/h1-2,7-8,14-15H,3-6,9,23H2/t14?,15-/m0/s1. The molecule has 4 nitrogen and oxygen atoms in total. The maximum atomic E-state index is 6.52. The molecule has 4 rings (SSSR count). The fraction of sp³-hybridized carbons (Fsp3) is 0.438. The van der Waals surface area contributed by atoms with Crippen molar-refractivity contribution in [2.24, 2.45) is 0 Å². The van der Waals surface area contributed by atoms with Crippen LogP contribution in [0.3, 0.4) is 0 Å². The molecular weight excluding hydrogens is 397 g/mol. The van der Waals surface area contributed by atoms with E-state index in [4.69, 9.17) is 16.3 Å². The van der Waals surface area contributed by atoms with Crippen molar-refractivity contribution in [1.82, 2.24) is 9.65 Å². The third kappa shape index (κ3) is 2.98. The lowest BCUT2D eigenvalue weighted by Crippen LogP contribution is -2.56. The zero-order chi connectivity index (χ0) is 16.0. The summed E-state index contributed by atoms with van der Waals surface area (Å²) in [5.74, 6) is 0. The molecule has 2 aromatic rings. The average molecular weight is 415 g/mol. The van der Waals surface area contributed by atoms with Crippen molar-refractivity contribution in [3.8, 4) is 0 Å². The van der Waals surface area contributed by atoms with Gasteiger partial charge in [-0.25, -0.2) is 0 Å². The van der Waals surface area contributed by atoms with E-state index in [-0.39, 0.29) is 6.10 Å². The van der Waals surface area contributed by atoms with E-state index in [0.29, 0.717) is 11.1 Å². The van der Waals surface area contributed by atoms with Crippen LogP contribution in [-0.2, 0) is 4.74 Å². The van der Waals surface area contributed by atoms with Crippen molar-refractivity contribution in [3.05, 3.63) is 33.9 Å². The van der Waals surface area contributed by atoms with Crippen molar-refractivity contribution in [2.45, 2.75) is 18.6 Å². The number of hydrogen-bond donors (Lipinski definition) is 0. The molecule has 7 heteroatoms. The number of piperidine rings is 1. The van der Waals surface area contributed by atoms with Gasteiger partial charge in [-0.1, -0.05) is 36.9 Å². The molecule has 0 N–H and O–H groups in total. The van der Waals surface area contributed by atoms with Gasteiger partial charge >= 0.3 is 0 Å². The molecule has 1 aromatic heterocycles. The Hall–Kier alpha value is -0.450. The highest BCUT2D eigenvalue weighted by Crippen LogP contribution is 2.37. The first-order valence-electron chi connectivity index (χ1n) is 7.75. The average Bonchev–Trinajstić information content (AvgIpc) is 2.54. The number of pyridine rings is 1. The van der Waals surface area contributed by atoms with Crippen LogP contribution in [0.25, 0.3) is 10.9 Å². The minimum atomic E-state index is 0.224. The van der Waals surface area contributed by atoms with E-state index in [2.05, 4.69) is 45.9 Å². The number of morpholine rings is 1.